The number of rotatable bonds is 2. The number of amides is 1. The van der Waals surface area contributed by atoms with E-state index in [-0.39, 0.29) is 11.8 Å². The molecule has 0 spiro atoms. The summed E-state index contributed by atoms with van der Waals surface area (Å²) in [4.78, 5) is 13.8. The Morgan fingerprint density at radius 1 is 1.24 bits per heavy atom. The van der Waals surface area contributed by atoms with Crippen LogP contribution in [0.3, 0.4) is 0 Å². The Hall–Kier alpha value is -1.94. The molecule has 0 aliphatic carbocycles. The molecule has 1 amide bonds. The molecule has 2 aromatic carbocycles. The number of aryl methyl sites for hydroxylation is 1. The van der Waals surface area contributed by atoms with Crippen LogP contribution in [0.25, 0.3) is 0 Å². The van der Waals surface area contributed by atoms with E-state index in [2.05, 4.69) is 11.4 Å². The Labute approximate surface area is 128 Å². The van der Waals surface area contributed by atoms with Gasteiger partial charge in [-0.2, -0.15) is 0 Å². The molecule has 1 aliphatic rings. The highest BCUT2D eigenvalue weighted by Gasteiger charge is 2.29. The number of hydrogen-bond acceptors (Lipinski definition) is 3. The second kappa shape index (κ2) is 5.45. The number of hydrogen-bond donors (Lipinski definition) is 2. The van der Waals surface area contributed by atoms with Crippen molar-refractivity contribution in [2.45, 2.75) is 24.7 Å². The molecule has 1 heterocycles. The van der Waals surface area contributed by atoms with Gasteiger partial charge in [0.05, 0.1) is 5.92 Å². The quantitative estimate of drug-likeness (QED) is 0.831. The molecule has 0 saturated heterocycles. The number of thioether (sulfide) groups is 1. The van der Waals surface area contributed by atoms with Crippen LogP contribution < -0.4 is 11.1 Å². The molecule has 1 atom stereocenters. The van der Waals surface area contributed by atoms with Crippen LogP contribution in [0.5, 0.6) is 0 Å². The normalized spacial score (nSPS) is 16.6. The number of fused-ring (bicyclic) bond motifs is 1. The molecule has 4 heteroatoms. The maximum Gasteiger partial charge on any atom is 0.232 e. The molecule has 0 aromatic heterocycles. The molecular formula is C17H18N2OS. The lowest BCUT2D eigenvalue weighted by Gasteiger charge is -2.16. The van der Waals surface area contributed by atoms with E-state index in [1.54, 1.807) is 11.8 Å². The lowest BCUT2D eigenvalue weighted by atomic mass is 9.99. The molecule has 3 N–H and O–H groups in total. The Kier molecular flexibility index (Phi) is 3.64. The molecule has 21 heavy (non-hydrogen) atoms. The Bertz CT molecular complexity index is 712. The van der Waals surface area contributed by atoms with Crippen LogP contribution in [-0.2, 0) is 4.79 Å². The van der Waals surface area contributed by atoms with Crippen molar-refractivity contribution >= 4 is 29.0 Å². The molecule has 1 aliphatic heterocycles. The van der Waals surface area contributed by atoms with Crippen LogP contribution >= 0.6 is 11.8 Å². The van der Waals surface area contributed by atoms with E-state index in [0.717, 1.165) is 28.1 Å². The van der Waals surface area contributed by atoms with Gasteiger partial charge in [-0.3, -0.25) is 4.79 Å². The number of carbonyl (C=O) groups is 1. The number of nitrogen functional groups attached to an aromatic ring is 1. The van der Waals surface area contributed by atoms with Crippen LogP contribution in [0.2, 0.25) is 0 Å². The zero-order chi connectivity index (χ0) is 15.0. The van der Waals surface area contributed by atoms with Crippen LogP contribution in [0.4, 0.5) is 11.4 Å². The minimum atomic E-state index is -0.0913. The van der Waals surface area contributed by atoms with Gasteiger partial charge < -0.3 is 11.1 Å². The number of nitrogens with one attached hydrogen (secondary N) is 1. The van der Waals surface area contributed by atoms with Crippen molar-refractivity contribution in [2.75, 3.05) is 16.8 Å². The predicted molar refractivity (Wildman–Crippen MR) is 88.9 cm³/mol. The number of nitrogens with two attached hydrogens (primary N) is 1. The van der Waals surface area contributed by atoms with E-state index in [1.165, 1.54) is 4.90 Å². The molecule has 0 bridgehead atoms. The van der Waals surface area contributed by atoms with Crippen molar-refractivity contribution < 1.29 is 4.79 Å². The van der Waals surface area contributed by atoms with Crippen LogP contribution in [0.15, 0.2) is 41.3 Å². The molecule has 0 radical (unpaired) electrons. The standard InChI is InChI=1S/C17H18N2OS/c1-10-7-8-14(18)11(2)16(10)19-17(20)13-9-21-15-6-4-3-5-12(13)15/h3-8,13H,9,18H2,1-2H3,(H,19,20). The van der Waals surface area contributed by atoms with Crippen molar-refractivity contribution in [3.05, 3.63) is 53.1 Å². The number of anilines is 2. The summed E-state index contributed by atoms with van der Waals surface area (Å²) >= 11 is 1.74. The second-order valence-corrected chi connectivity index (χ2v) is 6.42. The Morgan fingerprint density at radius 3 is 2.81 bits per heavy atom. The van der Waals surface area contributed by atoms with Gasteiger partial charge in [0, 0.05) is 22.0 Å². The molecule has 3 nitrogen and oxygen atoms in total. The fraction of sp³-hybridized carbons (Fsp3) is 0.235. The van der Waals surface area contributed by atoms with E-state index >= 15 is 0 Å². The predicted octanol–water partition coefficient (Wildman–Crippen LogP) is 3.71. The highest BCUT2D eigenvalue weighted by Crippen LogP contribution is 2.40. The Balaban J connectivity index is 1.87. The summed E-state index contributed by atoms with van der Waals surface area (Å²) in [7, 11) is 0. The average molecular weight is 298 g/mol. The summed E-state index contributed by atoms with van der Waals surface area (Å²) in [5.41, 5.74) is 10.6. The van der Waals surface area contributed by atoms with E-state index in [1.807, 2.05) is 44.2 Å². The van der Waals surface area contributed by atoms with Crippen LogP contribution in [0, 0.1) is 13.8 Å². The smallest absolute Gasteiger partial charge is 0.232 e. The van der Waals surface area contributed by atoms with E-state index < -0.39 is 0 Å². The first-order valence-corrected chi connectivity index (χ1v) is 7.94. The number of benzene rings is 2. The summed E-state index contributed by atoms with van der Waals surface area (Å²) in [5, 5.41) is 3.07. The monoisotopic (exact) mass is 298 g/mol. The molecule has 3 rings (SSSR count). The summed E-state index contributed by atoms with van der Waals surface area (Å²) in [6.07, 6.45) is 0. The van der Waals surface area contributed by atoms with Gasteiger partial charge in [0.1, 0.15) is 0 Å². The van der Waals surface area contributed by atoms with Crippen molar-refractivity contribution in [1.29, 1.82) is 0 Å². The van der Waals surface area contributed by atoms with Crippen LogP contribution in [-0.4, -0.2) is 11.7 Å². The van der Waals surface area contributed by atoms with Crippen molar-refractivity contribution in [3.8, 4) is 0 Å². The lowest BCUT2D eigenvalue weighted by molar-refractivity contribution is -0.117. The zero-order valence-electron chi connectivity index (χ0n) is 12.1. The van der Waals surface area contributed by atoms with E-state index in [4.69, 9.17) is 5.73 Å². The summed E-state index contributed by atoms with van der Waals surface area (Å²) in [6.45, 7) is 3.93. The fourth-order valence-corrected chi connectivity index (χ4v) is 3.87. The fourth-order valence-electron chi connectivity index (χ4n) is 2.65. The minimum Gasteiger partial charge on any atom is -0.398 e. The lowest BCUT2D eigenvalue weighted by Crippen LogP contribution is -2.22. The molecule has 0 saturated carbocycles. The maximum absolute atomic E-state index is 12.6. The Morgan fingerprint density at radius 2 is 2.00 bits per heavy atom. The SMILES string of the molecule is Cc1ccc(N)c(C)c1NC(=O)C1CSc2ccccc21. The van der Waals surface area contributed by atoms with Crippen LogP contribution in [0.1, 0.15) is 22.6 Å². The van der Waals surface area contributed by atoms with Gasteiger partial charge in [0.15, 0.2) is 0 Å². The van der Waals surface area contributed by atoms with Crippen molar-refractivity contribution in [2.24, 2.45) is 0 Å². The number of carbonyl (C=O) groups excluding carboxylic acids is 1. The largest absolute Gasteiger partial charge is 0.398 e. The van der Waals surface area contributed by atoms with Gasteiger partial charge >= 0.3 is 0 Å². The topological polar surface area (TPSA) is 55.1 Å². The van der Waals surface area contributed by atoms with Gasteiger partial charge in [-0.25, -0.2) is 0 Å². The molecule has 108 valence electrons. The first-order valence-electron chi connectivity index (χ1n) is 6.96. The minimum absolute atomic E-state index is 0.0456. The summed E-state index contributed by atoms with van der Waals surface area (Å²) in [5.74, 6) is 0.752. The van der Waals surface area contributed by atoms with Crippen molar-refractivity contribution in [1.82, 2.24) is 0 Å². The maximum atomic E-state index is 12.6. The second-order valence-electron chi connectivity index (χ2n) is 5.36. The van der Waals surface area contributed by atoms with Gasteiger partial charge in [-0.05, 0) is 42.7 Å². The molecule has 1 unspecified atom stereocenters. The average Bonchev–Trinajstić information content (AvgIpc) is 2.91. The first kappa shape index (κ1) is 14.0. The summed E-state index contributed by atoms with van der Waals surface area (Å²) < 4.78 is 0. The van der Waals surface area contributed by atoms with Crippen molar-refractivity contribution in [3.63, 3.8) is 0 Å². The first-order chi connectivity index (χ1) is 10.1. The third kappa shape index (κ3) is 2.51. The zero-order valence-corrected chi connectivity index (χ0v) is 13.0. The van der Waals surface area contributed by atoms with E-state index in [0.29, 0.717) is 5.69 Å². The highest BCUT2D eigenvalue weighted by atomic mass is 32.2. The molecular weight excluding hydrogens is 280 g/mol. The van der Waals surface area contributed by atoms with Gasteiger partial charge in [0.2, 0.25) is 5.91 Å². The van der Waals surface area contributed by atoms with Gasteiger partial charge in [-0.15, -0.1) is 11.8 Å². The third-order valence-electron chi connectivity index (χ3n) is 3.98. The molecule has 0 fully saturated rings. The summed E-state index contributed by atoms with van der Waals surface area (Å²) in [6, 6.07) is 11.9. The van der Waals surface area contributed by atoms with Gasteiger partial charge in [0.25, 0.3) is 0 Å². The van der Waals surface area contributed by atoms with Gasteiger partial charge in [-0.1, -0.05) is 24.3 Å². The van der Waals surface area contributed by atoms with E-state index in [9.17, 15) is 4.79 Å². The third-order valence-corrected chi connectivity index (χ3v) is 5.16. The highest BCUT2D eigenvalue weighted by molar-refractivity contribution is 7.99. The molecule has 2 aromatic rings.